The van der Waals surface area contributed by atoms with Crippen LogP contribution in [0.1, 0.15) is 52.0 Å². The van der Waals surface area contributed by atoms with Crippen molar-refractivity contribution in [2.45, 2.75) is 63.8 Å². The molecular weight excluding hydrogens is 284 g/mol. The molecule has 3 N–H and O–H groups in total. The van der Waals surface area contributed by atoms with E-state index in [0.29, 0.717) is 17.0 Å². The number of aryl methyl sites for hydroxylation is 1. The van der Waals surface area contributed by atoms with Crippen molar-refractivity contribution in [1.29, 1.82) is 0 Å². The number of anilines is 1. The first-order valence-corrected chi connectivity index (χ1v) is 9.15. The molecule has 0 bridgehead atoms. The van der Waals surface area contributed by atoms with E-state index in [1.54, 1.807) is 18.2 Å². The second-order valence-electron chi connectivity index (χ2n) is 6.63. The van der Waals surface area contributed by atoms with Crippen molar-refractivity contribution in [3.63, 3.8) is 0 Å². The maximum Gasteiger partial charge on any atom is 0.241 e. The van der Waals surface area contributed by atoms with Crippen LogP contribution < -0.4 is 10.5 Å². The fourth-order valence-corrected chi connectivity index (χ4v) is 4.86. The second-order valence-corrected chi connectivity index (χ2v) is 8.31. The van der Waals surface area contributed by atoms with Crippen LogP contribution in [0.25, 0.3) is 0 Å². The smallest absolute Gasteiger partial charge is 0.241 e. The van der Waals surface area contributed by atoms with Gasteiger partial charge in [-0.25, -0.2) is 13.1 Å². The number of hydrogen-bond donors (Lipinski definition) is 2. The molecule has 0 aliphatic heterocycles. The summed E-state index contributed by atoms with van der Waals surface area (Å²) < 4.78 is 28.4. The predicted octanol–water partition coefficient (Wildman–Crippen LogP) is 3.08. The molecular formula is C16H26N2O2S. The summed E-state index contributed by atoms with van der Waals surface area (Å²) in [4.78, 5) is 0.325. The molecule has 21 heavy (non-hydrogen) atoms. The zero-order chi connectivity index (χ0) is 15.7. The number of nitrogens with two attached hydrogens (primary N) is 1. The first-order valence-electron chi connectivity index (χ1n) is 7.67. The Morgan fingerprint density at radius 1 is 1.33 bits per heavy atom. The second kappa shape index (κ2) is 5.97. The van der Waals surface area contributed by atoms with E-state index in [0.717, 1.165) is 24.8 Å². The van der Waals surface area contributed by atoms with Crippen molar-refractivity contribution in [3.05, 3.63) is 23.8 Å². The molecule has 5 heteroatoms. The van der Waals surface area contributed by atoms with E-state index in [1.165, 1.54) is 6.42 Å². The van der Waals surface area contributed by atoms with Crippen molar-refractivity contribution in [2.24, 2.45) is 5.41 Å². The Kier molecular flexibility index (Phi) is 4.63. The summed E-state index contributed by atoms with van der Waals surface area (Å²) in [5, 5.41) is 0. The zero-order valence-corrected chi connectivity index (χ0v) is 14.0. The Morgan fingerprint density at radius 3 is 2.67 bits per heavy atom. The fourth-order valence-electron chi connectivity index (χ4n) is 3.08. The summed E-state index contributed by atoms with van der Waals surface area (Å²) in [6.45, 7) is 6.23. The van der Waals surface area contributed by atoms with Gasteiger partial charge in [0.15, 0.2) is 0 Å². The first kappa shape index (κ1) is 16.3. The number of nitrogen functional groups attached to an aromatic ring is 1. The maximum atomic E-state index is 12.8. The summed E-state index contributed by atoms with van der Waals surface area (Å²) in [7, 11) is -3.53. The lowest BCUT2D eigenvalue weighted by Gasteiger charge is -2.38. The van der Waals surface area contributed by atoms with E-state index in [2.05, 4.69) is 18.6 Å². The molecule has 1 atom stereocenters. The minimum Gasteiger partial charge on any atom is -0.399 e. The van der Waals surface area contributed by atoms with Crippen LogP contribution in [0.4, 0.5) is 5.69 Å². The van der Waals surface area contributed by atoms with E-state index >= 15 is 0 Å². The number of sulfonamides is 1. The van der Waals surface area contributed by atoms with Crippen molar-refractivity contribution < 1.29 is 8.42 Å². The van der Waals surface area contributed by atoms with Gasteiger partial charge in [-0.05, 0) is 42.4 Å². The van der Waals surface area contributed by atoms with Gasteiger partial charge in [0.25, 0.3) is 0 Å². The predicted molar refractivity (Wildman–Crippen MR) is 86.6 cm³/mol. The summed E-state index contributed by atoms with van der Waals surface area (Å²) in [6, 6.07) is 5.11. The van der Waals surface area contributed by atoms with Gasteiger partial charge in [-0.2, -0.15) is 0 Å². The Balaban J connectivity index is 2.32. The first-order chi connectivity index (χ1) is 9.76. The van der Waals surface area contributed by atoms with Crippen molar-refractivity contribution in [3.8, 4) is 0 Å². The van der Waals surface area contributed by atoms with E-state index in [4.69, 9.17) is 5.73 Å². The normalized spacial score (nSPS) is 22.1. The fraction of sp³-hybridized carbons (Fsp3) is 0.625. The molecule has 1 saturated carbocycles. The summed E-state index contributed by atoms with van der Waals surface area (Å²) in [6.07, 6.45) is 4.87. The van der Waals surface area contributed by atoms with Gasteiger partial charge in [0.05, 0.1) is 4.90 Å². The van der Waals surface area contributed by atoms with Crippen LogP contribution >= 0.6 is 0 Å². The Morgan fingerprint density at radius 2 is 2.05 bits per heavy atom. The van der Waals surface area contributed by atoms with Crippen molar-refractivity contribution >= 4 is 15.7 Å². The third kappa shape index (κ3) is 3.58. The van der Waals surface area contributed by atoms with Gasteiger partial charge in [-0.15, -0.1) is 0 Å². The molecule has 1 aliphatic carbocycles. The van der Waals surface area contributed by atoms with E-state index in [9.17, 15) is 8.42 Å². The standard InChI is InChI=1S/C16H26N2O2S/c1-4-12-8-9-13(17)11-14(12)21(19,20)18-15-7-5-6-10-16(15,2)3/h8-9,11,15,18H,4-7,10,17H2,1-3H3. The van der Waals surface area contributed by atoms with Crippen molar-refractivity contribution in [1.82, 2.24) is 4.72 Å². The highest BCUT2D eigenvalue weighted by molar-refractivity contribution is 7.89. The Hall–Kier alpha value is -1.07. The number of nitrogens with one attached hydrogen (secondary N) is 1. The van der Waals surface area contributed by atoms with Gasteiger partial charge in [-0.1, -0.05) is 39.7 Å². The van der Waals surface area contributed by atoms with E-state index in [1.807, 2.05) is 6.92 Å². The SMILES string of the molecule is CCc1ccc(N)cc1S(=O)(=O)NC1CCCCC1(C)C. The van der Waals surface area contributed by atoms with Gasteiger partial charge in [-0.3, -0.25) is 0 Å². The molecule has 0 heterocycles. The minimum absolute atomic E-state index is 0.00196. The quantitative estimate of drug-likeness (QED) is 0.839. The molecule has 1 aliphatic rings. The van der Waals surface area contributed by atoms with Crippen LogP contribution in [-0.4, -0.2) is 14.5 Å². The highest BCUT2D eigenvalue weighted by Gasteiger charge is 2.35. The average molecular weight is 310 g/mol. The molecule has 0 aromatic heterocycles. The molecule has 0 spiro atoms. The Bertz CT molecular complexity index is 609. The van der Waals surface area contributed by atoms with Crippen LogP contribution in [0.2, 0.25) is 0 Å². The Labute approximate surface area is 128 Å². The molecule has 1 unspecified atom stereocenters. The van der Waals surface area contributed by atoms with Gasteiger partial charge >= 0.3 is 0 Å². The summed E-state index contributed by atoms with van der Waals surface area (Å²) >= 11 is 0. The van der Waals surface area contributed by atoms with Gasteiger partial charge in [0.2, 0.25) is 10.0 Å². The van der Waals surface area contributed by atoms with Crippen LogP contribution in [0.3, 0.4) is 0 Å². The van der Waals surface area contributed by atoms with Gasteiger partial charge in [0, 0.05) is 11.7 Å². The zero-order valence-electron chi connectivity index (χ0n) is 13.1. The number of hydrogen-bond acceptors (Lipinski definition) is 3. The van der Waals surface area contributed by atoms with E-state index in [-0.39, 0.29) is 11.5 Å². The number of benzene rings is 1. The summed E-state index contributed by atoms with van der Waals surface area (Å²) in [5.41, 5.74) is 7.06. The molecule has 0 radical (unpaired) electrons. The van der Waals surface area contributed by atoms with Crippen molar-refractivity contribution in [2.75, 3.05) is 5.73 Å². The molecule has 1 aromatic rings. The lowest BCUT2D eigenvalue weighted by Crippen LogP contribution is -2.46. The molecule has 2 rings (SSSR count). The molecule has 1 fully saturated rings. The van der Waals surface area contributed by atoms with Crippen LogP contribution in [0.15, 0.2) is 23.1 Å². The third-order valence-electron chi connectivity index (χ3n) is 4.57. The molecule has 0 amide bonds. The largest absolute Gasteiger partial charge is 0.399 e. The minimum atomic E-state index is -3.53. The van der Waals surface area contributed by atoms with Crippen LogP contribution in [-0.2, 0) is 16.4 Å². The lowest BCUT2D eigenvalue weighted by atomic mass is 9.74. The van der Waals surface area contributed by atoms with Gasteiger partial charge < -0.3 is 5.73 Å². The summed E-state index contributed by atoms with van der Waals surface area (Å²) in [5.74, 6) is 0. The monoisotopic (exact) mass is 310 g/mol. The highest BCUT2D eigenvalue weighted by Crippen LogP contribution is 2.36. The van der Waals surface area contributed by atoms with E-state index < -0.39 is 10.0 Å². The maximum absolute atomic E-state index is 12.8. The van der Waals surface area contributed by atoms with Crippen LogP contribution in [0, 0.1) is 5.41 Å². The lowest BCUT2D eigenvalue weighted by molar-refractivity contribution is 0.188. The molecule has 1 aromatic carbocycles. The number of rotatable bonds is 4. The molecule has 4 nitrogen and oxygen atoms in total. The molecule has 118 valence electrons. The van der Waals surface area contributed by atoms with Gasteiger partial charge in [0.1, 0.15) is 0 Å². The van der Waals surface area contributed by atoms with Crippen LogP contribution in [0.5, 0.6) is 0 Å². The molecule has 0 saturated heterocycles. The highest BCUT2D eigenvalue weighted by atomic mass is 32.2. The third-order valence-corrected chi connectivity index (χ3v) is 6.12. The topological polar surface area (TPSA) is 72.2 Å². The average Bonchev–Trinajstić information content (AvgIpc) is 2.41.